The van der Waals surface area contributed by atoms with E-state index in [4.69, 9.17) is 9.47 Å². The smallest absolute Gasteiger partial charge is 0.493 e. The normalized spacial score (nSPS) is 11.5. The van der Waals surface area contributed by atoms with Crippen LogP contribution < -0.4 is 9.47 Å². The molecule has 0 aliphatic rings. The average Bonchev–Trinajstić information content (AvgIpc) is 2.43. The molecule has 0 saturated heterocycles. The summed E-state index contributed by atoms with van der Waals surface area (Å²) >= 11 is 0. The average molecular weight is 270 g/mol. The number of carbonyl (C=O) groups is 1. The molecule has 1 N–H and O–H groups in total. The molecule has 1 rings (SSSR count). The zero-order valence-electron chi connectivity index (χ0n) is 11.0. The van der Waals surface area contributed by atoms with E-state index in [0.29, 0.717) is 11.5 Å². The maximum Gasteiger partial charge on any atom is 0.508 e. The van der Waals surface area contributed by atoms with Crippen molar-refractivity contribution >= 4 is 6.16 Å². The van der Waals surface area contributed by atoms with Gasteiger partial charge in [0, 0.05) is 0 Å². The second-order valence-corrected chi connectivity index (χ2v) is 3.61. The van der Waals surface area contributed by atoms with E-state index in [2.05, 4.69) is 9.47 Å². The number of hydrogen-bond acceptors (Lipinski definition) is 6. The van der Waals surface area contributed by atoms with Gasteiger partial charge in [0.15, 0.2) is 11.5 Å². The highest BCUT2D eigenvalue weighted by atomic mass is 16.7. The molecule has 1 atom stereocenters. The fourth-order valence-electron chi connectivity index (χ4n) is 1.30. The van der Waals surface area contributed by atoms with Crippen molar-refractivity contribution in [2.75, 3.05) is 26.9 Å². The number of hydrogen-bond donors (Lipinski definition) is 1. The van der Waals surface area contributed by atoms with E-state index in [9.17, 15) is 9.90 Å². The van der Waals surface area contributed by atoms with Gasteiger partial charge in [-0.05, 0) is 19.1 Å². The monoisotopic (exact) mass is 270 g/mol. The second-order valence-electron chi connectivity index (χ2n) is 3.61. The molecular weight excluding hydrogens is 252 g/mol. The quantitative estimate of drug-likeness (QED) is 0.759. The second kappa shape index (κ2) is 8.20. The van der Waals surface area contributed by atoms with Crippen LogP contribution in [0.25, 0.3) is 0 Å². The fraction of sp³-hybridized carbons (Fsp3) is 0.462. The highest BCUT2D eigenvalue weighted by Gasteiger charge is 2.11. The third-order valence-electron chi connectivity index (χ3n) is 2.16. The number of ether oxygens (including phenoxy) is 4. The summed E-state index contributed by atoms with van der Waals surface area (Å²) < 4.78 is 19.7. The Kier molecular flexibility index (Phi) is 6.52. The van der Waals surface area contributed by atoms with E-state index in [1.165, 1.54) is 7.11 Å². The molecule has 1 aromatic carbocycles. The van der Waals surface area contributed by atoms with Crippen molar-refractivity contribution < 1.29 is 28.8 Å². The van der Waals surface area contributed by atoms with Crippen molar-refractivity contribution in [3.8, 4) is 11.5 Å². The minimum atomic E-state index is -0.936. The standard InChI is InChI=1S/C13H18O6/c1-3-17-13(15)19-9-10(14)8-18-12-7-5-4-6-11(12)16-2/h4-7,10,14H,3,8-9H2,1-2H3. The summed E-state index contributed by atoms with van der Waals surface area (Å²) in [5, 5.41) is 9.59. The van der Waals surface area contributed by atoms with Gasteiger partial charge in [0.2, 0.25) is 0 Å². The Morgan fingerprint density at radius 2 is 1.89 bits per heavy atom. The molecule has 106 valence electrons. The number of aliphatic hydroxyl groups is 1. The maximum atomic E-state index is 10.9. The molecular formula is C13H18O6. The van der Waals surface area contributed by atoms with Crippen molar-refractivity contribution in [3.63, 3.8) is 0 Å². The van der Waals surface area contributed by atoms with Crippen LogP contribution in [0.5, 0.6) is 11.5 Å². The van der Waals surface area contributed by atoms with Crippen LogP contribution >= 0.6 is 0 Å². The van der Waals surface area contributed by atoms with Gasteiger partial charge in [0.1, 0.15) is 19.3 Å². The van der Waals surface area contributed by atoms with Gasteiger partial charge in [-0.25, -0.2) is 4.79 Å². The Hall–Kier alpha value is -1.95. The van der Waals surface area contributed by atoms with Crippen LogP contribution in [-0.4, -0.2) is 44.3 Å². The topological polar surface area (TPSA) is 74.2 Å². The van der Waals surface area contributed by atoms with Gasteiger partial charge in [0.25, 0.3) is 0 Å². The third kappa shape index (κ3) is 5.48. The predicted octanol–water partition coefficient (Wildman–Crippen LogP) is 1.61. The number of aliphatic hydroxyl groups excluding tert-OH is 1. The number of rotatable bonds is 7. The first-order valence-corrected chi connectivity index (χ1v) is 5.90. The van der Waals surface area contributed by atoms with Gasteiger partial charge in [-0.1, -0.05) is 12.1 Å². The van der Waals surface area contributed by atoms with Gasteiger partial charge >= 0.3 is 6.16 Å². The number of carbonyl (C=O) groups excluding carboxylic acids is 1. The Bertz CT molecular complexity index is 392. The number of methoxy groups -OCH3 is 1. The van der Waals surface area contributed by atoms with Crippen molar-refractivity contribution in [1.82, 2.24) is 0 Å². The molecule has 0 heterocycles. The van der Waals surface area contributed by atoms with Gasteiger partial charge < -0.3 is 24.1 Å². The molecule has 6 nitrogen and oxygen atoms in total. The van der Waals surface area contributed by atoms with E-state index in [1.807, 2.05) is 6.07 Å². The Labute approximate surface area is 111 Å². The Balaban J connectivity index is 2.33. The number of benzene rings is 1. The predicted molar refractivity (Wildman–Crippen MR) is 67.5 cm³/mol. The van der Waals surface area contributed by atoms with E-state index in [0.717, 1.165) is 0 Å². The van der Waals surface area contributed by atoms with Crippen LogP contribution in [0.15, 0.2) is 24.3 Å². The summed E-state index contributed by atoms with van der Waals surface area (Å²) in [5.74, 6) is 1.08. The van der Waals surface area contributed by atoms with Crippen LogP contribution in [0.4, 0.5) is 4.79 Å². The highest BCUT2D eigenvalue weighted by molar-refractivity contribution is 5.59. The number of para-hydroxylation sites is 2. The van der Waals surface area contributed by atoms with Crippen LogP contribution in [-0.2, 0) is 9.47 Å². The molecule has 0 saturated carbocycles. The van der Waals surface area contributed by atoms with Crippen LogP contribution in [0, 0.1) is 0 Å². The Morgan fingerprint density at radius 1 is 1.21 bits per heavy atom. The molecule has 0 fully saturated rings. The summed E-state index contributed by atoms with van der Waals surface area (Å²) in [6, 6.07) is 7.07. The zero-order chi connectivity index (χ0) is 14.1. The Morgan fingerprint density at radius 3 is 2.53 bits per heavy atom. The molecule has 0 spiro atoms. The van der Waals surface area contributed by atoms with E-state index < -0.39 is 12.3 Å². The fourth-order valence-corrected chi connectivity index (χ4v) is 1.30. The van der Waals surface area contributed by atoms with Crippen LogP contribution in [0.3, 0.4) is 0 Å². The zero-order valence-corrected chi connectivity index (χ0v) is 11.0. The molecule has 6 heteroatoms. The third-order valence-corrected chi connectivity index (χ3v) is 2.16. The lowest BCUT2D eigenvalue weighted by Gasteiger charge is -2.14. The lowest BCUT2D eigenvalue weighted by atomic mass is 10.3. The minimum Gasteiger partial charge on any atom is -0.493 e. The van der Waals surface area contributed by atoms with Gasteiger partial charge in [-0.15, -0.1) is 0 Å². The molecule has 0 aliphatic carbocycles. The van der Waals surface area contributed by atoms with Gasteiger partial charge in [-0.2, -0.15) is 0 Å². The molecule has 1 aromatic rings. The summed E-state index contributed by atoms with van der Waals surface area (Å²) in [4.78, 5) is 10.9. The summed E-state index contributed by atoms with van der Waals surface area (Å²) in [5.41, 5.74) is 0. The van der Waals surface area contributed by atoms with Crippen molar-refractivity contribution in [2.24, 2.45) is 0 Å². The lowest BCUT2D eigenvalue weighted by Crippen LogP contribution is -2.25. The summed E-state index contributed by atoms with van der Waals surface area (Å²) in [6.07, 6.45) is -1.74. The van der Waals surface area contributed by atoms with Crippen LogP contribution in [0.2, 0.25) is 0 Å². The van der Waals surface area contributed by atoms with Crippen molar-refractivity contribution in [3.05, 3.63) is 24.3 Å². The summed E-state index contributed by atoms with van der Waals surface area (Å²) in [6.45, 7) is 1.70. The van der Waals surface area contributed by atoms with Gasteiger partial charge in [0.05, 0.1) is 13.7 Å². The van der Waals surface area contributed by atoms with Crippen molar-refractivity contribution in [1.29, 1.82) is 0 Å². The molecule has 1 unspecified atom stereocenters. The summed E-state index contributed by atoms with van der Waals surface area (Å²) in [7, 11) is 1.53. The highest BCUT2D eigenvalue weighted by Crippen LogP contribution is 2.25. The van der Waals surface area contributed by atoms with Gasteiger partial charge in [-0.3, -0.25) is 0 Å². The molecule has 0 amide bonds. The molecule has 0 aromatic heterocycles. The SMILES string of the molecule is CCOC(=O)OCC(O)COc1ccccc1OC. The van der Waals surface area contributed by atoms with E-state index in [-0.39, 0.29) is 19.8 Å². The van der Waals surface area contributed by atoms with Crippen molar-refractivity contribution in [2.45, 2.75) is 13.0 Å². The first-order valence-electron chi connectivity index (χ1n) is 5.90. The molecule has 19 heavy (non-hydrogen) atoms. The molecule has 0 aliphatic heterocycles. The molecule has 0 bridgehead atoms. The lowest BCUT2D eigenvalue weighted by molar-refractivity contribution is 0.00601. The first kappa shape index (κ1) is 15.1. The van der Waals surface area contributed by atoms with Crippen LogP contribution in [0.1, 0.15) is 6.92 Å². The van der Waals surface area contributed by atoms with E-state index in [1.54, 1.807) is 25.1 Å². The maximum absolute atomic E-state index is 10.9. The molecule has 0 radical (unpaired) electrons. The van der Waals surface area contributed by atoms with E-state index >= 15 is 0 Å². The first-order chi connectivity index (χ1) is 9.17. The largest absolute Gasteiger partial charge is 0.508 e. The minimum absolute atomic E-state index is 0.0141.